The molecule has 8 nitrogen and oxygen atoms in total. The fourth-order valence-corrected chi connectivity index (χ4v) is 2.79. The Morgan fingerprint density at radius 2 is 2.21 bits per heavy atom. The number of carbonyl (C=O) groups is 2. The van der Waals surface area contributed by atoms with Crippen LogP contribution in [0.2, 0.25) is 0 Å². The van der Waals surface area contributed by atoms with Gasteiger partial charge in [0.25, 0.3) is 11.8 Å². The molecule has 8 heteroatoms. The number of aryl methyl sites for hydroxylation is 1. The summed E-state index contributed by atoms with van der Waals surface area (Å²) in [5.41, 5.74) is 6.06. The Hall–Kier alpha value is -2.61. The number of rotatable bonds is 5. The van der Waals surface area contributed by atoms with Gasteiger partial charge in [-0.15, -0.1) is 0 Å². The first-order valence-corrected chi connectivity index (χ1v) is 7.93. The van der Waals surface area contributed by atoms with Gasteiger partial charge in [0.1, 0.15) is 6.10 Å². The number of carbonyl (C=O) groups excluding carboxylic acids is 2. The second-order valence-electron chi connectivity index (χ2n) is 5.67. The minimum absolute atomic E-state index is 0.0409. The molecular formula is C16H20N4O4. The van der Waals surface area contributed by atoms with E-state index in [1.807, 2.05) is 17.8 Å². The topological polar surface area (TPSA) is 112 Å². The third kappa shape index (κ3) is 3.33. The van der Waals surface area contributed by atoms with E-state index in [-0.39, 0.29) is 23.7 Å². The number of nitrogens with one attached hydrogen (secondary N) is 1. The zero-order valence-electron chi connectivity index (χ0n) is 13.4. The lowest BCUT2D eigenvalue weighted by Gasteiger charge is -2.31. The highest BCUT2D eigenvalue weighted by Gasteiger charge is 2.30. The molecule has 1 aliphatic rings. The second kappa shape index (κ2) is 6.88. The van der Waals surface area contributed by atoms with E-state index in [9.17, 15) is 9.59 Å². The summed E-state index contributed by atoms with van der Waals surface area (Å²) in [6.45, 7) is 3.41. The van der Waals surface area contributed by atoms with Gasteiger partial charge in [0.15, 0.2) is 11.5 Å². The van der Waals surface area contributed by atoms with Crippen LogP contribution in [0.1, 0.15) is 52.5 Å². The summed E-state index contributed by atoms with van der Waals surface area (Å²) in [6.07, 6.45) is 5.07. The molecule has 1 aliphatic heterocycles. The molecule has 3 N–H and O–H groups in total. The molecule has 3 heterocycles. The van der Waals surface area contributed by atoms with Crippen molar-refractivity contribution in [1.29, 1.82) is 0 Å². The summed E-state index contributed by atoms with van der Waals surface area (Å²) in [6, 6.07) is 2.63. The Morgan fingerprint density at radius 1 is 1.42 bits per heavy atom. The van der Waals surface area contributed by atoms with E-state index in [0.717, 1.165) is 24.9 Å². The summed E-state index contributed by atoms with van der Waals surface area (Å²) < 4.78 is 12.8. The smallest absolute Gasteiger partial charge is 0.287 e. The van der Waals surface area contributed by atoms with Crippen LogP contribution >= 0.6 is 0 Å². The molecule has 0 unspecified atom stereocenters. The largest absolute Gasteiger partial charge is 0.446 e. The van der Waals surface area contributed by atoms with Crippen molar-refractivity contribution in [3.05, 3.63) is 41.6 Å². The van der Waals surface area contributed by atoms with Crippen LogP contribution in [0, 0.1) is 0 Å². The van der Waals surface area contributed by atoms with Crippen molar-refractivity contribution in [3.8, 4) is 0 Å². The molecule has 1 fully saturated rings. The molecule has 24 heavy (non-hydrogen) atoms. The normalized spacial score (nSPS) is 20.7. The monoisotopic (exact) mass is 332 g/mol. The number of amides is 2. The molecule has 0 spiro atoms. The number of aromatic nitrogens is 2. The molecule has 2 aromatic heterocycles. The number of furan rings is 1. The summed E-state index contributed by atoms with van der Waals surface area (Å²) in [4.78, 5) is 23.4. The molecule has 2 aromatic rings. The summed E-state index contributed by atoms with van der Waals surface area (Å²) in [5.74, 6) is -1.09. The van der Waals surface area contributed by atoms with Crippen LogP contribution in [-0.2, 0) is 11.3 Å². The Morgan fingerprint density at radius 3 is 2.88 bits per heavy atom. The van der Waals surface area contributed by atoms with E-state index in [1.165, 1.54) is 12.1 Å². The maximum Gasteiger partial charge on any atom is 0.287 e. The number of nitrogens with two attached hydrogens (primary N) is 1. The van der Waals surface area contributed by atoms with Gasteiger partial charge >= 0.3 is 0 Å². The minimum Gasteiger partial charge on any atom is -0.446 e. The maximum absolute atomic E-state index is 12.4. The van der Waals surface area contributed by atoms with Crippen molar-refractivity contribution in [3.63, 3.8) is 0 Å². The highest BCUT2D eigenvalue weighted by molar-refractivity contribution is 5.95. The Kier molecular flexibility index (Phi) is 4.66. The molecular weight excluding hydrogens is 312 g/mol. The van der Waals surface area contributed by atoms with E-state index >= 15 is 0 Å². The van der Waals surface area contributed by atoms with Gasteiger partial charge in [-0.1, -0.05) is 0 Å². The second-order valence-corrected chi connectivity index (χ2v) is 5.67. The SMILES string of the molecule is CCn1cc([C@H]2OCCC[C@@H]2NC(=O)c2ccc(C(N)=O)o2)cn1. The molecule has 0 saturated carbocycles. The van der Waals surface area contributed by atoms with Crippen LogP contribution in [0.3, 0.4) is 0 Å². The van der Waals surface area contributed by atoms with Crippen molar-refractivity contribution in [2.75, 3.05) is 6.61 Å². The molecule has 3 rings (SSSR count). The van der Waals surface area contributed by atoms with Crippen molar-refractivity contribution in [1.82, 2.24) is 15.1 Å². The van der Waals surface area contributed by atoms with Crippen LogP contribution in [0.25, 0.3) is 0 Å². The molecule has 0 bridgehead atoms. The lowest BCUT2D eigenvalue weighted by molar-refractivity contribution is -0.00978. The zero-order chi connectivity index (χ0) is 17.1. The molecule has 2 atom stereocenters. The first kappa shape index (κ1) is 16.3. The molecule has 128 valence electrons. The maximum atomic E-state index is 12.4. The van der Waals surface area contributed by atoms with Gasteiger partial charge in [-0.3, -0.25) is 14.3 Å². The van der Waals surface area contributed by atoms with E-state index in [4.69, 9.17) is 14.9 Å². The standard InChI is InChI=1S/C16H20N4O4/c1-2-20-9-10(8-18-20)14-11(4-3-7-23-14)19-16(22)13-6-5-12(24-13)15(17)21/h5-6,8-9,11,14H,2-4,7H2,1H3,(H2,17,21)(H,19,22)/t11-,14+/m0/s1. The van der Waals surface area contributed by atoms with Gasteiger partial charge in [0.05, 0.1) is 12.2 Å². The minimum atomic E-state index is -0.708. The number of hydrogen-bond donors (Lipinski definition) is 2. The molecule has 0 aromatic carbocycles. The van der Waals surface area contributed by atoms with E-state index in [0.29, 0.717) is 6.61 Å². The van der Waals surface area contributed by atoms with Gasteiger partial charge in [-0.05, 0) is 31.9 Å². The Balaban J connectivity index is 1.73. The van der Waals surface area contributed by atoms with Gasteiger partial charge in [-0.2, -0.15) is 5.10 Å². The lowest BCUT2D eigenvalue weighted by atomic mass is 9.98. The quantitative estimate of drug-likeness (QED) is 0.855. The average molecular weight is 332 g/mol. The van der Waals surface area contributed by atoms with Crippen LogP contribution in [-0.4, -0.2) is 34.2 Å². The van der Waals surface area contributed by atoms with Gasteiger partial charge in [-0.25, -0.2) is 0 Å². The highest BCUT2D eigenvalue weighted by Crippen LogP contribution is 2.28. The Bertz CT molecular complexity index is 736. The zero-order valence-corrected chi connectivity index (χ0v) is 13.4. The van der Waals surface area contributed by atoms with E-state index < -0.39 is 11.8 Å². The average Bonchev–Trinajstić information content (AvgIpc) is 3.25. The molecule has 0 radical (unpaired) electrons. The third-order valence-corrected chi connectivity index (χ3v) is 4.02. The summed E-state index contributed by atoms with van der Waals surface area (Å²) in [7, 11) is 0. The highest BCUT2D eigenvalue weighted by atomic mass is 16.5. The van der Waals surface area contributed by atoms with Crippen LogP contribution in [0.15, 0.2) is 28.9 Å². The van der Waals surface area contributed by atoms with Gasteiger partial charge in [0, 0.05) is 24.9 Å². The fraction of sp³-hybridized carbons (Fsp3) is 0.438. The summed E-state index contributed by atoms with van der Waals surface area (Å²) >= 11 is 0. The van der Waals surface area contributed by atoms with Crippen molar-refractivity contribution in [2.24, 2.45) is 5.73 Å². The molecule has 2 amide bonds. The van der Waals surface area contributed by atoms with Crippen LogP contribution in [0.5, 0.6) is 0 Å². The van der Waals surface area contributed by atoms with Gasteiger partial charge in [0.2, 0.25) is 0 Å². The first-order valence-electron chi connectivity index (χ1n) is 7.93. The number of hydrogen-bond acceptors (Lipinski definition) is 5. The number of primary amides is 1. The van der Waals surface area contributed by atoms with Crippen LogP contribution in [0.4, 0.5) is 0 Å². The number of ether oxygens (including phenoxy) is 1. The Labute approximate surface area is 138 Å². The van der Waals surface area contributed by atoms with Crippen molar-refractivity contribution in [2.45, 2.75) is 38.5 Å². The third-order valence-electron chi connectivity index (χ3n) is 4.02. The first-order chi connectivity index (χ1) is 11.6. The predicted octanol–water partition coefficient (Wildman–Crippen LogP) is 1.24. The fourth-order valence-electron chi connectivity index (χ4n) is 2.79. The van der Waals surface area contributed by atoms with Crippen molar-refractivity contribution < 1.29 is 18.7 Å². The predicted molar refractivity (Wildman–Crippen MR) is 84.3 cm³/mol. The van der Waals surface area contributed by atoms with Gasteiger partial charge < -0.3 is 20.2 Å². The number of nitrogens with zero attached hydrogens (tertiary/aromatic N) is 2. The van der Waals surface area contributed by atoms with Crippen molar-refractivity contribution >= 4 is 11.8 Å². The summed E-state index contributed by atoms with van der Waals surface area (Å²) in [5, 5.41) is 7.17. The molecule has 0 aliphatic carbocycles. The van der Waals surface area contributed by atoms with E-state index in [2.05, 4.69) is 10.4 Å². The van der Waals surface area contributed by atoms with E-state index in [1.54, 1.807) is 6.20 Å². The van der Waals surface area contributed by atoms with Crippen LogP contribution < -0.4 is 11.1 Å². The molecule has 1 saturated heterocycles. The lowest BCUT2D eigenvalue weighted by Crippen LogP contribution is -2.42.